The van der Waals surface area contributed by atoms with Crippen molar-refractivity contribution in [3.05, 3.63) is 47.3 Å². The van der Waals surface area contributed by atoms with E-state index in [1.165, 1.54) is 17.3 Å². The number of ether oxygens (including phenoxy) is 1. The van der Waals surface area contributed by atoms with Crippen molar-refractivity contribution < 1.29 is 14.3 Å². The Labute approximate surface area is 148 Å². The summed E-state index contributed by atoms with van der Waals surface area (Å²) < 4.78 is 11.2. The second kappa shape index (κ2) is 8.32. The van der Waals surface area contributed by atoms with E-state index >= 15 is 0 Å². The molecule has 0 radical (unpaired) electrons. The molecule has 2 heterocycles. The van der Waals surface area contributed by atoms with Crippen LogP contribution in [0.15, 0.2) is 51.4 Å². The van der Waals surface area contributed by atoms with Gasteiger partial charge in [0.1, 0.15) is 12.4 Å². The highest BCUT2D eigenvalue weighted by molar-refractivity contribution is 7.99. The van der Waals surface area contributed by atoms with Crippen LogP contribution >= 0.6 is 23.1 Å². The van der Waals surface area contributed by atoms with Crippen LogP contribution in [-0.2, 0) is 6.42 Å². The Morgan fingerprint density at radius 3 is 2.79 bits per heavy atom. The maximum Gasteiger partial charge on any atom is 0.276 e. The minimum Gasteiger partial charge on any atom is -0.491 e. The fourth-order valence-electron chi connectivity index (χ4n) is 2.00. The fourth-order valence-corrected chi connectivity index (χ4v) is 3.31. The van der Waals surface area contributed by atoms with Crippen LogP contribution in [0.2, 0.25) is 0 Å². The van der Waals surface area contributed by atoms with Crippen LogP contribution in [0.4, 0.5) is 0 Å². The third kappa shape index (κ3) is 4.59. The number of aromatic nitrogens is 2. The molecule has 0 aliphatic heterocycles. The van der Waals surface area contributed by atoms with Gasteiger partial charge in [-0.3, -0.25) is 0 Å². The van der Waals surface area contributed by atoms with E-state index in [4.69, 9.17) is 9.15 Å². The molecule has 1 atom stereocenters. The summed E-state index contributed by atoms with van der Waals surface area (Å²) in [5.41, 5.74) is 1.26. The first-order valence-corrected chi connectivity index (χ1v) is 9.51. The fraction of sp³-hybridized carbons (Fsp3) is 0.294. The minimum absolute atomic E-state index is 0.227. The Morgan fingerprint density at radius 2 is 2.08 bits per heavy atom. The van der Waals surface area contributed by atoms with E-state index in [1.807, 2.05) is 41.8 Å². The number of thioether (sulfide) groups is 1. The Kier molecular flexibility index (Phi) is 5.90. The molecule has 0 bridgehead atoms. The van der Waals surface area contributed by atoms with Crippen molar-refractivity contribution in [2.75, 3.05) is 12.4 Å². The van der Waals surface area contributed by atoms with Crippen molar-refractivity contribution in [1.29, 1.82) is 0 Å². The van der Waals surface area contributed by atoms with Crippen LogP contribution in [0.25, 0.3) is 10.8 Å². The standard InChI is InChI=1S/C17H18N2O3S2/c1-2-12-5-7-14(8-6-12)21-10-13(20)11-24-17-19-18-16(22-17)15-4-3-9-23-15/h3-9,13,20H,2,10-11H2,1H3. The summed E-state index contributed by atoms with van der Waals surface area (Å²) in [4.78, 5) is 0.939. The topological polar surface area (TPSA) is 68.4 Å². The van der Waals surface area contributed by atoms with Crippen molar-refractivity contribution in [1.82, 2.24) is 10.2 Å². The summed E-state index contributed by atoms with van der Waals surface area (Å²) in [5.74, 6) is 1.70. The molecule has 0 aliphatic rings. The predicted molar refractivity (Wildman–Crippen MR) is 95.7 cm³/mol. The van der Waals surface area contributed by atoms with Gasteiger partial charge in [-0.25, -0.2) is 0 Å². The van der Waals surface area contributed by atoms with Crippen molar-refractivity contribution in [2.24, 2.45) is 0 Å². The lowest BCUT2D eigenvalue weighted by Crippen LogP contribution is -2.20. The maximum absolute atomic E-state index is 10.0. The van der Waals surface area contributed by atoms with Gasteiger partial charge in [0.25, 0.3) is 11.1 Å². The largest absolute Gasteiger partial charge is 0.491 e. The SMILES string of the molecule is CCc1ccc(OCC(O)CSc2nnc(-c3cccs3)o2)cc1. The number of aliphatic hydroxyl groups excluding tert-OH is 1. The van der Waals surface area contributed by atoms with Crippen molar-refractivity contribution in [3.63, 3.8) is 0 Å². The monoisotopic (exact) mass is 362 g/mol. The molecule has 0 aliphatic carbocycles. The molecule has 0 saturated carbocycles. The maximum atomic E-state index is 10.0. The van der Waals surface area contributed by atoms with Crippen LogP contribution in [0.3, 0.4) is 0 Å². The van der Waals surface area contributed by atoms with Gasteiger partial charge in [0, 0.05) is 5.75 Å². The third-order valence-corrected chi connectivity index (χ3v) is 5.13. The van der Waals surface area contributed by atoms with E-state index < -0.39 is 6.10 Å². The molecule has 3 aromatic rings. The Morgan fingerprint density at radius 1 is 1.25 bits per heavy atom. The zero-order valence-electron chi connectivity index (χ0n) is 13.2. The van der Waals surface area contributed by atoms with E-state index in [0.29, 0.717) is 16.9 Å². The van der Waals surface area contributed by atoms with E-state index in [0.717, 1.165) is 17.0 Å². The van der Waals surface area contributed by atoms with E-state index in [2.05, 4.69) is 17.1 Å². The second-order valence-electron chi connectivity index (χ2n) is 5.12. The van der Waals surface area contributed by atoms with Crippen LogP contribution in [0.1, 0.15) is 12.5 Å². The number of thiophene rings is 1. The Balaban J connectivity index is 1.44. The summed E-state index contributed by atoms with van der Waals surface area (Å²) in [5, 5.41) is 20.4. The van der Waals surface area contributed by atoms with E-state index in [9.17, 15) is 5.11 Å². The number of rotatable bonds is 8. The van der Waals surface area contributed by atoms with Crippen molar-refractivity contribution in [2.45, 2.75) is 24.7 Å². The number of aliphatic hydroxyl groups is 1. The summed E-state index contributed by atoms with van der Waals surface area (Å²) in [7, 11) is 0. The molecule has 7 heteroatoms. The average molecular weight is 362 g/mol. The molecule has 0 amide bonds. The van der Waals surface area contributed by atoms with Gasteiger partial charge in [-0.2, -0.15) is 0 Å². The zero-order chi connectivity index (χ0) is 16.8. The van der Waals surface area contributed by atoms with Crippen molar-refractivity contribution >= 4 is 23.1 Å². The lowest BCUT2D eigenvalue weighted by atomic mass is 10.2. The van der Waals surface area contributed by atoms with E-state index in [-0.39, 0.29) is 6.61 Å². The summed E-state index contributed by atoms with van der Waals surface area (Å²) in [6, 6.07) is 11.8. The minimum atomic E-state index is -0.613. The molecule has 1 aromatic carbocycles. The molecule has 3 rings (SSSR count). The molecule has 24 heavy (non-hydrogen) atoms. The molecule has 1 unspecified atom stereocenters. The quantitative estimate of drug-likeness (QED) is 0.613. The van der Waals surface area contributed by atoms with E-state index in [1.54, 1.807) is 11.3 Å². The van der Waals surface area contributed by atoms with Gasteiger partial charge in [-0.15, -0.1) is 21.5 Å². The number of aryl methyl sites for hydroxylation is 1. The highest BCUT2D eigenvalue weighted by atomic mass is 32.2. The Bertz CT molecular complexity index is 742. The number of hydrogen-bond donors (Lipinski definition) is 1. The molecule has 5 nitrogen and oxygen atoms in total. The first-order valence-electron chi connectivity index (χ1n) is 7.64. The van der Waals surface area contributed by atoms with Crippen LogP contribution in [0.5, 0.6) is 5.75 Å². The molecule has 1 N–H and O–H groups in total. The number of benzene rings is 1. The van der Waals surface area contributed by atoms with Gasteiger partial charge in [-0.1, -0.05) is 36.9 Å². The summed E-state index contributed by atoms with van der Waals surface area (Å²) >= 11 is 2.87. The second-order valence-corrected chi connectivity index (χ2v) is 7.04. The zero-order valence-corrected chi connectivity index (χ0v) is 14.8. The Hall–Kier alpha value is -1.83. The first kappa shape index (κ1) is 17.0. The summed E-state index contributed by atoms with van der Waals surface area (Å²) in [6.07, 6.45) is 0.384. The lowest BCUT2D eigenvalue weighted by molar-refractivity contribution is 0.126. The van der Waals surface area contributed by atoms with Gasteiger partial charge in [0.05, 0.1) is 11.0 Å². The highest BCUT2D eigenvalue weighted by Crippen LogP contribution is 2.26. The first-order chi connectivity index (χ1) is 11.7. The average Bonchev–Trinajstić information content (AvgIpc) is 3.29. The summed E-state index contributed by atoms with van der Waals surface area (Å²) in [6.45, 7) is 2.34. The number of hydrogen-bond acceptors (Lipinski definition) is 7. The molecular weight excluding hydrogens is 344 g/mol. The van der Waals surface area contributed by atoms with Crippen LogP contribution in [-0.4, -0.2) is 33.8 Å². The normalized spacial score (nSPS) is 12.2. The van der Waals surface area contributed by atoms with Crippen LogP contribution in [0, 0.1) is 0 Å². The van der Waals surface area contributed by atoms with Crippen molar-refractivity contribution in [3.8, 4) is 16.5 Å². The highest BCUT2D eigenvalue weighted by Gasteiger charge is 2.12. The van der Waals surface area contributed by atoms with Crippen LogP contribution < -0.4 is 4.74 Å². The third-order valence-electron chi connectivity index (χ3n) is 3.31. The van der Waals surface area contributed by atoms with Gasteiger partial charge >= 0.3 is 0 Å². The smallest absolute Gasteiger partial charge is 0.276 e. The van der Waals surface area contributed by atoms with Gasteiger partial charge in [0.2, 0.25) is 0 Å². The molecule has 0 saturated heterocycles. The lowest BCUT2D eigenvalue weighted by Gasteiger charge is -2.11. The molecular formula is C17H18N2O3S2. The number of nitrogens with zero attached hydrogens (tertiary/aromatic N) is 2. The molecule has 0 fully saturated rings. The molecule has 126 valence electrons. The van der Waals surface area contributed by atoms with Gasteiger partial charge < -0.3 is 14.3 Å². The van der Waals surface area contributed by atoms with Gasteiger partial charge in [-0.05, 0) is 35.6 Å². The molecule has 0 spiro atoms. The van der Waals surface area contributed by atoms with Gasteiger partial charge in [0.15, 0.2) is 0 Å². The molecule has 2 aromatic heterocycles. The predicted octanol–water partition coefficient (Wildman–Crippen LogP) is 3.89.